The Morgan fingerprint density at radius 1 is 1.04 bits per heavy atom. The number of unbranched alkanes of at least 4 members (excludes halogenated alkanes) is 1. The van der Waals surface area contributed by atoms with Crippen LogP contribution in [-0.4, -0.2) is 44.7 Å². The predicted octanol–water partition coefficient (Wildman–Crippen LogP) is 3.32. The van der Waals surface area contributed by atoms with E-state index in [0.717, 1.165) is 25.7 Å². The average Bonchev–Trinajstić information content (AvgIpc) is 2.94. The van der Waals surface area contributed by atoms with Crippen LogP contribution >= 0.6 is 0 Å². The number of carboxylic acid groups (broad SMARTS) is 1. The largest absolute Gasteiger partial charge is 0.481 e. The van der Waals surface area contributed by atoms with E-state index in [-0.39, 0.29) is 18.3 Å². The van der Waals surface area contributed by atoms with Crippen LogP contribution < -0.4 is 0 Å². The number of benzene rings is 1. The second-order valence-corrected chi connectivity index (χ2v) is 7.95. The maximum atomic E-state index is 10.5. The molecule has 1 unspecified atom stereocenters. The lowest BCUT2D eigenvalue weighted by molar-refractivity contribution is -0.136. The van der Waals surface area contributed by atoms with Crippen LogP contribution in [0.1, 0.15) is 56.9 Å². The zero-order chi connectivity index (χ0) is 20.4. The van der Waals surface area contributed by atoms with Crippen molar-refractivity contribution in [2.24, 2.45) is 11.8 Å². The molecule has 1 aromatic carbocycles. The lowest BCUT2D eigenvalue weighted by atomic mass is 9.84. The molecule has 1 aliphatic rings. The third kappa shape index (κ3) is 7.74. The molecule has 2 rings (SSSR count). The smallest absolute Gasteiger partial charge is 0.307 e. The molecule has 0 radical (unpaired) electrons. The van der Waals surface area contributed by atoms with E-state index in [9.17, 15) is 20.1 Å². The zero-order valence-corrected chi connectivity index (χ0v) is 16.5. The molecular formula is C23H34O5. The first kappa shape index (κ1) is 22.6. The van der Waals surface area contributed by atoms with Gasteiger partial charge < -0.3 is 20.4 Å². The average molecular weight is 391 g/mol. The second kappa shape index (κ2) is 12.0. The van der Waals surface area contributed by atoms with Crippen LogP contribution in [-0.2, 0) is 11.2 Å². The molecule has 0 aliphatic heterocycles. The van der Waals surface area contributed by atoms with E-state index in [1.54, 1.807) is 6.08 Å². The van der Waals surface area contributed by atoms with Gasteiger partial charge in [-0.25, -0.2) is 0 Å². The molecule has 0 saturated heterocycles. The molecule has 1 fully saturated rings. The minimum Gasteiger partial charge on any atom is -0.481 e. The highest BCUT2D eigenvalue weighted by atomic mass is 16.4. The number of hydrogen-bond acceptors (Lipinski definition) is 4. The van der Waals surface area contributed by atoms with Gasteiger partial charge in [-0.15, -0.1) is 0 Å². The number of rotatable bonds is 12. The third-order valence-electron chi connectivity index (χ3n) is 5.83. The van der Waals surface area contributed by atoms with Gasteiger partial charge in [-0.1, -0.05) is 42.5 Å². The maximum Gasteiger partial charge on any atom is 0.307 e. The first-order valence-electron chi connectivity index (χ1n) is 10.4. The van der Waals surface area contributed by atoms with Crippen LogP contribution in [0.15, 0.2) is 42.5 Å². The fourth-order valence-corrected chi connectivity index (χ4v) is 4.26. The molecule has 1 aromatic rings. The summed E-state index contributed by atoms with van der Waals surface area (Å²) < 4.78 is 0. The number of hydrogen-bond donors (Lipinski definition) is 4. The summed E-state index contributed by atoms with van der Waals surface area (Å²) in [4.78, 5) is 10.5. The molecule has 1 aliphatic carbocycles. The van der Waals surface area contributed by atoms with E-state index in [0.29, 0.717) is 25.7 Å². The van der Waals surface area contributed by atoms with Crippen LogP contribution in [0, 0.1) is 11.8 Å². The summed E-state index contributed by atoms with van der Waals surface area (Å²) in [5, 5.41) is 39.6. The second-order valence-electron chi connectivity index (χ2n) is 7.95. The van der Waals surface area contributed by atoms with Crippen LogP contribution in [0.3, 0.4) is 0 Å². The van der Waals surface area contributed by atoms with Gasteiger partial charge in [0.15, 0.2) is 0 Å². The summed E-state index contributed by atoms with van der Waals surface area (Å²) in [6.07, 6.45) is 7.90. The summed E-state index contributed by atoms with van der Waals surface area (Å²) >= 11 is 0. The summed E-state index contributed by atoms with van der Waals surface area (Å²) in [5.74, 6) is -0.773. The molecule has 156 valence electrons. The van der Waals surface area contributed by atoms with E-state index < -0.39 is 24.3 Å². The molecule has 0 amide bonds. The number of carboxylic acids is 1. The standard InChI is InChI=1S/C23H34O5/c24-18(13-12-17-8-4-3-5-9-17)14-15-20-19(21(25)16-22(20)26)10-6-1-2-7-11-23(27)28/h2-5,7-9,18-22,24-26H,1,6,10-16H2,(H,27,28)/b7-2-/t18?,19-,20-,21+,22-/m1/s1. The number of aliphatic carboxylic acids is 1. The van der Waals surface area contributed by atoms with Crippen molar-refractivity contribution in [2.75, 3.05) is 0 Å². The molecular weight excluding hydrogens is 356 g/mol. The number of allylic oxidation sites excluding steroid dienone is 1. The number of aliphatic hydroxyl groups excluding tert-OH is 3. The minimum absolute atomic E-state index is 0.0179. The first-order chi connectivity index (χ1) is 13.5. The van der Waals surface area contributed by atoms with Gasteiger partial charge in [-0.2, -0.15) is 0 Å². The van der Waals surface area contributed by atoms with Crippen LogP contribution in [0.2, 0.25) is 0 Å². The quantitative estimate of drug-likeness (QED) is 0.324. The van der Waals surface area contributed by atoms with Gasteiger partial charge >= 0.3 is 5.97 Å². The fraction of sp³-hybridized carbons (Fsp3) is 0.609. The third-order valence-corrected chi connectivity index (χ3v) is 5.83. The van der Waals surface area contributed by atoms with Crippen molar-refractivity contribution in [1.82, 2.24) is 0 Å². The normalized spacial score (nSPS) is 26.0. The molecule has 0 spiro atoms. The monoisotopic (exact) mass is 390 g/mol. The van der Waals surface area contributed by atoms with Crippen LogP contribution in [0.25, 0.3) is 0 Å². The Morgan fingerprint density at radius 2 is 1.71 bits per heavy atom. The molecule has 0 aromatic heterocycles. The molecule has 0 heterocycles. The number of carbonyl (C=O) groups is 1. The Morgan fingerprint density at radius 3 is 2.39 bits per heavy atom. The summed E-state index contributed by atoms with van der Waals surface area (Å²) in [5.41, 5.74) is 1.21. The predicted molar refractivity (Wildman–Crippen MR) is 109 cm³/mol. The Balaban J connectivity index is 1.73. The Labute approximate surface area is 167 Å². The van der Waals surface area contributed by atoms with Gasteiger partial charge in [0.1, 0.15) is 0 Å². The van der Waals surface area contributed by atoms with Gasteiger partial charge in [0, 0.05) is 0 Å². The zero-order valence-electron chi connectivity index (χ0n) is 16.5. The molecule has 5 nitrogen and oxygen atoms in total. The lowest BCUT2D eigenvalue weighted by Crippen LogP contribution is -2.24. The summed E-state index contributed by atoms with van der Waals surface area (Å²) in [6.45, 7) is 0. The highest BCUT2D eigenvalue weighted by Gasteiger charge is 2.40. The van der Waals surface area contributed by atoms with Crippen molar-refractivity contribution in [3.63, 3.8) is 0 Å². The van der Waals surface area contributed by atoms with Gasteiger partial charge in [0.05, 0.1) is 24.7 Å². The first-order valence-corrected chi connectivity index (χ1v) is 10.4. The van der Waals surface area contributed by atoms with Crippen LogP contribution in [0.5, 0.6) is 0 Å². The van der Waals surface area contributed by atoms with Gasteiger partial charge in [-0.05, 0) is 68.8 Å². The van der Waals surface area contributed by atoms with E-state index >= 15 is 0 Å². The Hall–Kier alpha value is -1.69. The van der Waals surface area contributed by atoms with Crippen molar-refractivity contribution in [3.05, 3.63) is 48.0 Å². The summed E-state index contributed by atoms with van der Waals surface area (Å²) in [6, 6.07) is 10.1. The Kier molecular flexibility index (Phi) is 9.68. The Bertz CT molecular complexity index is 600. The minimum atomic E-state index is -0.837. The number of aliphatic hydroxyl groups is 3. The molecule has 1 saturated carbocycles. The van der Waals surface area contributed by atoms with Gasteiger partial charge in [-0.3, -0.25) is 4.79 Å². The highest BCUT2D eigenvalue weighted by Crippen LogP contribution is 2.39. The lowest BCUT2D eigenvalue weighted by Gasteiger charge is -2.24. The fourth-order valence-electron chi connectivity index (χ4n) is 4.26. The van der Waals surface area contributed by atoms with Crippen molar-refractivity contribution in [3.8, 4) is 0 Å². The van der Waals surface area contributed by atoms with Gasteiger partial charge in [0.25, 0.3) is 0 Å². The van der Waals surface area contributed by atoms with Crippen molar-refractivity contribution < 1.29 is 25.2 Å². The molecule has 5 heteroatoms. The maximum absolute atomic E-state index is 10.5. The highest BCUT2D eigenvalue weighted by molar-refractivity contribution is 5.68. The van der Waals surface area contributed by atoms with E-state index in [4.69, 9.17) is 5.11 Å². The van der Waals surface area contributed by atoms with Crippen molar-refractivity contribution in [1.29, 1.82) is 0 Å². The van der Waals surface area contributed by atoms with E-state index in [1.807, 2.05) is 24.3 Å². The molecule has 4 N–H and O–H groups in total. The van der Waals surface area contributed by atoms with Crippen molar-refractivity contribution >= 4 is 5.97 Å². The van der Waals surface area contributed by atoms with Gasteiger partial charge in [0.2, 0.25) is 0 Å². The van der Waals surface area contributed by atoms with Crippen LogP contribution in [0.4, 0.5) is 0 Å². The summed E-state index contributed by atoms with van der Waals surface area (Å²) in [7, 11) is 0. The molecule has 0 bridgehead atoms. The molecule has 5 atom stereocenters. The topological polar surface area (TPSA) is 98.0 Å². The van der Waals surface area contributed by atoms with E-state index in [1.165, 1.54) is 5.56 Å². The molecule has 28 heavy (non-hydrogen) atoms. The number of aryl methyl sites for hydroxylation is 1. The SMILES string of the molecule is O=C(O)C/C=C\CCC[C@@H]1[C@@H](CCC(O)CCc2ccccc2)[C@H](O)C[C@@H]1O. The van der Waals surface area contributed by atoms with Crippen molar-refractivity contribution in [2.45, 2.75) is 76.1 Å². The van der Waals surface area contributed by atoms with E-state index in [2.05, 4.69) is 12.1 Å².